The Labute approximate surface area is 181 Å². The van der Waals surface area contributed by atoms with Gasteiger partial charge in [-0.3, -0.25) is 4.79 Å². The molecule has 2 aromatic carbocycles. The monoisotopic (exact) mass is 425 g/mol. The van der Waals surface area contributed by atoms with E-state index < -0.39 is 0 Å². The van der Waals surface area contributed by atoms with E-state index in [4.69, 9.17) is 21.1 Å². The molecule has 0 saturated carbocycles. The highest BCUT2D eigenvalue weighted by Gasteiger charge is 2.26. The van der Waals surface area contributed by atoms with Crippen molar-refractivity contribution >= 4 is 23.2 Å². The third-order valence-corrected chi connectivity index (χ3v) is 5.68. The normalized spacial score (nSPS) is 14.0. The molecule has 3 aromatic rings. The summed E-state index contributed by atoms with van der Waals surface area (Å²) in [5, 5.41) is 0.503. The number of piperazine rings is 1. The van der Waals surface area contributed by atoms with Crippen molar-refractivity contribution in [3.63, 3.8) is 0 Å². The third kappa shape index (κ3) is 3.83. The lowest BCUT2D eigenvalue weighted by atomic mass is 10.1. The molecule has 0 radical (unpaired) electrons. The molecule has 0 atom stereocenters. The van der Waals surface area contributed by atoms with E-state index in [0.29, 0.717) is 29.4 Å². The van der Waals surface area contributed by atoms with Gasteiger partial charge in [-0.15, -0.1) is 0 Å². The van der Waals surface area contributed by atoms with Crippen LogP contribution in [0.3, 0.4) is 0 Å². The molecule has 7 heteroatoms. The van der Waals surface area contributed by atoms with Gasteiger partial charge >= 0.3 is 0 Å². The highest BCUT2D eigenvalue weighted by molar-refractivity contribution is 6.33. The summed E-state index contributed by atoms with van der Waals surface area (Å²) < 4.78 is 12.9. The summed E-state index contributed by atoms with van der Waals surface area (Å²) in [5.41, 5.74) is 2.30. The Morgan fingerprint density at radius 1 is 0.867 bits per heavy atom. The van der Waals surface area contributed by atoms with Crippen molar-refractivity contribution < 1.29 is 14.3 Å². The molecule has 1 fully saturated rings. The van der Waals surface area contributed by atoms with Crippen LogP contribution in [-0.4, -0.2) is 55.8 Å². The van der Waals surface area contributed by atoms with Crippen molar-refractivity contribution in [2.24, 2.45) is 0 Å². The van der Waals surface area contributed by atoms with E-state index in [2.05, 4.69) is 4.90 Å². The molecule has 1 saturated heterocycles. The van der Waals surface area contributed by atoms with Crippen LogP contribution >= 0.6 is 11.6 Å². The van der Waals surface area contributed by atoms with Crippen LogP contribution in [-0.2, 0) is 0 Å². The van der Waals surface area contributed by atoms with Crippen molar-refractivity contribution in [2.45, 2.75) is 0 Å². The number of hydrogen-bond acceptors (Lipinski definition) is 4. The van der Waals surface area contributed by atoms with Crippen molar-refractivity contribution in [2.75, 3.05) is 45.3 Å². The minimum absolute atomic E-state index is 0.0764. The zero-order valence-corrected chi connectivity index (χ0v) is 17.8. The molecule has 30 heavy (non-hydrogen) atoms. The van der Waals surface area contributed by atoms with Crippen molar-refractivity contribution in [1.82, 2.24) is 9.47 Å². The van der Waals surface area contributed by atoms with Gasteiger partial charge in [-0.2, -0.15) is 0 Å². The number of ether oxygens (including phenoxy) is 2. The second kappa shape index (κ2) is 8.71. The minimum Gasteiger partial charge on any atom is -0.496 e. The molecule has 0 bridgehead atoms. The number of nitrogens with zero attached hydrogens (tertiary/aromatic N) is 3. The lowest BCUT2D eigenvalue weighted by Crippen LogP contribution is -2.49. The van der Waals surface area contributed by atoms with E-state index in [1.807, 2.05) is 58.3 Å². The molecule has 0 spiro atoms. The van der Waals surface area contributed by atoms with E-state index in [1.165, 1.54) is 0 Å². The molecule has 1 aromatic heterocycles. The smallest absolute Gasteiger partial charge is 0.257 e. The van der Waals surface area contributed by atoms with Gasteiger partial charge in [0, 0.05) is 44.6 Å². The van der Waals surface area contributed by atoms with Gasteiger partial charge in [-0.25, -0.2) is 0 Å². The highest BCUT2D eigenvalue weighted by Crippen LogP contribution is 2.32. The fourth-order valence-corrected chi connectivity index (χ4v) is 4.04. The van der Waals surface area contributed by atoms with E-state index in [1.54, 1.807) is 26.4 Å². The average Bonchev–Trinajstić information content (AvgIpc) is 3.33. The second-order valence-electron chi connectivity index (χ2n) is 7.05. The van der Waals surface area contributed by atoms with Crippen LogP contribution < -0.4 is 14.4 Å². The van der Waals surface area contributed by atoms with Gasteiger partial charge in [0.25, 0.3) is 5.91 Å². The topological polar surface area (TPSA) is 46.9 Å². The van der Waals surface area contributed by atoms with E-state index in [9.17, 15) is 4.79 Å². The van der Waals surface area contributed by atoms with Crippen molar-refractivity contribution in [3.05, 3.63) is 71.5 Å². The Hall–Kier alpha value is -3.12. The number of halogens is 1. The summed E-state index contributed by atoms with van der Waals surface area (Å²) in [7, 11) is 3.24. The predicted octanol–water partition coefficient (Wildman–Crippen LogP) is 4.11. The molecule has 1 aliphatic heterocycles. The molecule has 0 unspecified atom stereocenters. The number of amides is 1. The zero-order chi connectivity index (χ0) is 21.1. The molecule has 6 nitrogen and oxygen atoms in total. The molecule has 4 rings (SSSR count). The fraction of sp³-hybridized carbons (Fsp3) is 0.261. The van der Waals surface area contributed by atoms with Crippen LogP contribution in [0.5, 0.6) is 11.5 Å². The lowest BCUT2D eigenvalue weighted by Gasteiger charge is -2.36. The first-order valence-electron chi connectivity index (χ1n) is 9.80. The van der Waals surface area contributed by atoms with E-state index in [0.717, 1.165) is 30.2 Å². The standard InChI is InChI=1S/C23H24ClN3O3/c1-29-21-8-4-3-7-19(21)26-11-13-27(14-12-26)23(28)17-15-18(24)20(16-22(17)30-2)25-9-5-6-10-25/h3-10,15-16H,11-14H2,1-2H3. The number of carbonyl (C=O) groups is 1. The minimum atomic E-state index is -0.0764. The number of aromatic nitrogens is 1. The molecule has 0 aliphatic carbocycles. The maximum atomic E-state index is 13.2. The fourth-order valence-electron chi connectivity index (χ4n) is 3.78. The lowest BCUT2D eigenvalue weighted by molar-refractivity contribution is 0.0743. The van der Waals surface area contributed by atoms with Gasteiger partial charge in [0.2, 0.25) is 0 Å². The maximum Gasteiger partial charge on any atom is 0.257 e. The highest BCUT2D eigenvalue weighted by atomic mass is 35.5. The first kappa shape index (κ1) is 20.2. The molecule has 0 N–H and O–H groups in total. The zero-order valence-electron chi connectivity index (χ0n) is 17.0. The summed E-state index contributed by atoms with van der Waals surface area (Å²) in [6, 6.07) is 15.3. The van der Waals surface area contributed by atoms with Crippen molar-refractivity contribution in [1.29, 1.82) is 0 Å². The van der Waals surface area contributed by atoms with Gasteiger partial charge in [0.05, 0.1) is 36.2 Å². The van der Waals surface area contributed by atoms with Crippen LogP contribution in [0.1, 0.15) is 10.4 Å². The van der Waals surface area contributed by atoms with Gasteiger partial charge in [0.1, 0.15) is 11.5 Å². The molecular weight excluding hydrogens is 402 g/mol. The molecule has 156 valence electrons. The Balaban J connectivity index is 1.52. The summed E-state index contributed by atoms with van der Waals surface area (Å²) in [4.78, 5) is 17.3. The second-order valence-corrected chi connectivity index (χ2v) is 7.45. The maximum absolute atomic E-state index is 13.2. The molecule has 1 aliphatic rings. The number of carbonyl (C=O) groups excluding carboxylic acids is 1. The number of anilines is 1. The van der Waals surface area contributed by atoms with Crippen LogP contribution in [0.2, 0.25) is 5.02 Å². The molecule has 1 amide bonds. The van der Waals surface area contributed by atoms with Gasteiger partial charge in [-0.05, 0) is 30.3 Å². The Morgan fingerprint density at radius 3 is 2.20 bits per heavy atom. The number of para-hydroxylation sites is 2. The Bertz CT molecular complexity index is 1030. The molecule has 2 heterocycles. The number of rotatable bonds is 5. The third-order valence-electron chi connectivity index (χ3n) is 5.37. The summed E-state index contributed by atoms with van der Waals surface area (Å²) >= 11 is 6.50. The Morgan fingerprint density at radius 2 is 1.53 bits per heavy atom. The van der Waals surface area contributed by atoms with Crippen LogP contribution in [0.25, 0.3) is 5.69 Å². The van der Waals surface area contributed by atoms with Crippen LogP contribution in [0.4, 0.5) is 5.69 Å². The first-order chi connectivity index (χ1) is 14.6. The Kier molecular flexibility index (Phi) is 5.86. The van der Waals surface area contributed by atoms with Crippen LogP contribution in [0, 0.1) is 0 Å². The quantitative estimate of drug-likeness (QED) is 0.617. The number of methoxy groups -OCH3 is 2. The van der Waals surface area contributed by atoms with Crippen LogP contribution in [0.15, 0.2) is 60.9 Å². The summed E-state index contributed by atoms with van der Waals surface area (Å²) in [6.07, 6.45) is 3.80. The van der Waals surface area contributed by atoms with Gasteiger partial charge < -0.3 is 23.8 Å². The van der Waals surface area contributed by atoms with Gasteiger partial charge in [0.15, 0.2) is 0 Å². The van der Waals surface area contributed by atoms with Crippen molar-refractivity contribution in [3.8, 4) is 17.2 Å². The number of hydrogen-bond donors (Lipinski definition) is 0. The summed E-state index contributed by atoms with van der Waals surface area (Å²) in [5.74, 6) is 1.28. The summed E-state index contributed by atoms with van der Waals surface area (Å²) in [6.45, 7) is 2.67. The number of benzene rings is 2. The average molecular weight is 426 g/mol. The van der Waals surface area contributed by atoms with E-state index >= 15 is 0 Å². The first-order valence-corrected chi connectivity index (χ1v) is 10.2. The largest absolute Gasteiger partial charge is 0.496 e. The van der Waals surface area contributed by atoms with E-state index in [-0.39, 0.29) is 5.91 Å². The predicted molar refractivity (Wildman–Crippen MR) is 118 cm³/mol. The van der Waals surface area contributed by atoms with Gasteiger partial charge in [-0.1, -0.05) is 23.7 Å². The molecular formula is C23H24ClN3O3. The SMILES string of the molecule is COc1cc(-n2cccc2)c(Cl)cc1C(=O)N1CCN(c2ccccc2OC)CC1.